The molecule has 1 unspecified atom stereocenters. The molecule has 0 radical (unpaired) electrons. The normalized spacial score (nSPS) is 15.9. The van der Waals surface area contributed by atoms with Crippen LogP contribution in [0.4, 0.5) is 11.4 Å². The fourth-order valence-corrected chi connectivity index (χ4v) is 3.52. The molecule has 0 aromatic heterocycles. The van der Waals surface area contributed by atoms with E-state index >= 15 is 0 Å². The van der Waals surface area contributed by atoms with Crippen LogP contribution in [0, 0.1) is 12.8 Å². The van der Waals surface area contributed by atoms with Gasteiger partial charge in [-0.3, -0.25) is 9.59 Å². The topological polar surface area (TPSA) is 67.4 Å². The summed E-state index contributed by atoms with van der Waals surface area (Å²) in [5, 5.41) is 5.96. The molecule has 1 aliphatic heterocycles. The van der Waals surface area contributed by atoms with Gasteiger partial charge in [-0.2, -0.15) is 0 Å². The van der Waals surface area contributed by atoms with Gasteiger partial charge in [-0.15, -0.1) is 0 Å². The Kier molecular flexibility index (Phi) is 5.49. The Morgan fingerprint density at radius 3 is 2.56 bits per heavy atom. The van der Waals surface area contributed by atoms with Crippen LogP contribution < -0.4 is 15.4 Å². The predicted octanol–water partition coefficient (Wildman–Crippen LogP) is 4.46. The first-order valence-corrected chi connectivity index (χ1v) is 9.26. The van der Waals surface area contributed by atoms with Crippen LogP contribution >= 0.6 is 0 Å². The van der Waals surface area contributed by atoms with Gasteiger partial charge in [-0.05, 0) is 47.7 Å². The van der Waals surface area contributed by atoms with E-state index in [1.54, 1.807) is 7.11 Å². The average Bonchev–Trinajstić information content (AvgIpc) is 2.63. The molecule has 0 saturated carbocycles. The maximum Gasteiger partial charge on any atom is 0.225 e. The van der Waals surface area contributed by atoms with Gasteiger partial charge in [0.2, 0.25) is 11.8 Å². The summed E-state index contributed by atoms with van der Waals surface area (Å²) in [6, 6.07) is 11.8. The molecule has 0 aliphatic carbocycles. The van der Waals surface area contributed by atoms with Crippen molar-refractivity contribution in [1.29, 1.82) is 0 Å². The molecule has 1 aliphatic rings. The van der Waals surface area contributed by atoms with E-state index in [1.807, 2.05) is 57.2 Å². The molecule has 0 spiro atoms. The van der Waals surface area contributed by atoms with Crippen molar-refractivity contribution in [3.8, 4) is 5.75 Å². The molecule has 3 rings (SSSR count). The Labute approximate surface area is 160 Å². The maximum atomic E-state index is 12.3. The summed E-state index contributed by atoms with van der Waals surface area (Å²) in [6.45, 7) is 5.96. The van der Waals surface area contributed by atoms with Crippen LogP contribution in [0.1, 0.15) is 49.3 Å². The van der Waals surface area contributed by atoms with E-state index in [-0.39, 0.29) is 17.7 Å². The third-order valence-electron chi connectivity index (χ3n) is 4.91. The van der Waals surface area contributed by atoms with Crippen LogP contribution in [-0.2, 0) is 9.59 Å². The van der Waals surface area contributed by atoms with E-state index < -0.39 is 0 Å². The van der Waals surface area contributed by atoms with Gasteiger partial charge in [0.1, 0.15) is 5.75 Å². The van der Waals surface area contributed by atoms with E-state index in [4.69, 9.17) is 4.74 Å². The van der Waals surface area contributed by atoms with Crippen molar-refractivity contribution in [2.75, 3.05) is 17.7 Å². The lowest BCUT2D eigenvalue weighted by Crippen LogP contribution is -2.25. The lowest BCUT2D eigenvalue weighted by Gasteiger charge is -2.28. The van der Waals surface area contributed by atoms with Gasteiger partial charge in [0.05, 0.1) is 7.11 Å². The Morgan fingerprint density at radius 2 is 1.93 bits per heavy atom. The van der Waals surface area contributed by atoms with Crippen molar-refractivity contribution in [2.45, 2.75) is 39.5 Å². The van der Waals surface area contributed by atoms with Gasteiger partial charge in [-0.25, -0.2) is 0 Å². The molecule has 2 aromatic carbocycles. The van der Waals surface area contributed by atoms with E-state index in [2.05, 4.69) is 10.6 Å². The zero-order valence-corrected chi connectivity index (χ0v) is 16.3. The minimum absolute atomic E-state index is 0.0121. The molecule has 5 heteroatoms. The predicted molar refractivity (Wildman–Crippen MR) is 107 cm³/mol. The number of benzene rings is 2. The summed E-state index contributed by atoms with van der Waals surface area (Å²) in [5.41, 5.74) is 4.57. The summed E-state index contributed by atoms with van der Waals surface area (Å²) < 4.78 is 5.23. The van der Waals surface area contributed by atoms with Crippen molar-refractivity contribution >= 4 is 23.2 Å². The minimum atomic E-state index is -0.0166. The van der Waals surface area contributed by atoms with E-state index in [9.17, 15) is 9.59 Å². The van der Waals surface area contributed by atoms with Crippen molar-refractivity contribution in [2.24, 2.45) is 5.92 Å². The second-order valence-electron chi connectivity index (χ2n) is 7.43. The largest absolute Gasteiger partial charge is 0.497 e. The minimum Gasteiger partial charge on any atom is -0.497 e. The number of nitrogens with one attached hydrogen (secondary N) is 2. The summed E-state index contributed by atoms with van der Waals surface area (Å²) in [4.78, 5) is 24.5. The number of anilines is 2. The second kappa shape index (κ2) is 7.82. The summed E-state index contributed by atoms with van der Waals surface area (Å²) in [6.07, 6.45) is 0.870. The third kappa shape index (κ3) is 4.13. The number of carbonyl (C=O) groups is 2. The second-order valence-corrected chi connectivity index (χ2v) is 7.43. The zero-order valence-electron chi connectivity index (χ0n) is 16.3. The molecule has 2 amide bonds. The van der Waals surface area contributed by atoms with Crippen molar-refractivity contribution in [1.82, 2.24) is 0 Å². The molecule has 0 saturated heterocycles. The van der Waals surface area contributed by atoms with Crippen molar-refractivity contribution in [3.63, 3.8) is 0 Å². The number of carbonyl (C=O) groups excluding carboxylic acids is 2. The highest BCUT2D eigenvalue weighted by molar-refractivity contribution is 5.99. The van der Waals surface area contributed by atoms with Crippen molar-refractivity contribution < 1.29 is 14.3 Å². The number of amides is 2. The monoisotopic (exact) mass is 366 g/mol. The van der Waals surface area contributed by atoms with E-state index in [0.29, 0.717) is 18.8 Å². The van der Waals surface area contributed by atoms with Gasteiger partial charge >= 0.3 is 0 Å². The number of fused-ring (bicyclic) bond motifs is 1. The van der Waals surface area contributed by atoms with Crippen LogP contribution in [0.2, 0.25) is 0 Å². The third-order valence-corrected chi connectivity index (χ3v) is 4.91. The number of methoxy groups -OCH3 is 1. The lowest BCUT2D eigenvalue weighted by atomic mass is 9.83. The summed E-state index contributed by atoms with van der Waals surface area (Å²) in [7, 11) is 1.64. The van der Waals surface area contributed by atoms with Crippen LogP contribution in [0.5, 0.6) is 5.75 Å². The van der Waals surface area contributed by atoms with E-state index in [1.165, 1.54) is 0 Å². The highest BCUT2D eigenvalue weighted by atomic mass is 16.5. The number of rotatable bonds is 5. The molecule has 0 bridgehead atoms. The number of hydrogen-bond donors (Lipinski definition) is 2. The molecule has 1 heterocycles. The Bertz CT molecular complexity index is 857. The molecule has 1 atom stereocenters. The molecular formula is C22H26N2O3. The summed E-state index contributed by atoms with van der Waals surface area (Å²) >= 11 is 0. The van der Waals surface area contributed by atoms with Crippen LogP contribution in [-0.4, -0.2) is 18.9 Å². The number of ether oxygens (including phenoxy) is 1. The molecule has 2 aromatic rings. The quantitative estimate of drug-likeness (QED) is 0.821. The first kappa shape index (κ1) is 19.0. The van der Waals surface area contributed by atoms with Gasteiger partial charge in [0.25, 0.3) is 0 Å². The Morgan fingerprint density at radius 1 is 1.22 bits per heavy atom. The molecule has 5 nitrogen and oxygen atoms in total. The Balaban J connectivity index is 1.94. The standard InChI is InChI=1S/C22H26N2O3/c1-13(2)11-20(25)23-19-10-9-17-18(12-21(26)24-22(17)14(19)3)15-5-7-16(27-4)8-6-15/h5-10,13,18H,11-12H2,1-4H3,(H,23,25)(H,24,26). The molecule has 27 heavy (non-hydrogen) atoms. The first-order chi connectivity index (χ1) is 12.9. The smallest absolute Gasteiger partial charge is 0.225 e. The van der Waals surface area contributed by atoms with Crippen LogP contribution in [0.3, 0.4) is 0 Å². The summed E-state index contributed by atoms with van der Waals surface area (Å²) in [5.74, 6) is 1.04. The van der Waals surface area contributed by atoms with Gasteiger partial charge < -0.3 is 15.4 Å². The van der Waals surface area contributed by atoms with Crippen LogP contribution in [0.15, 0.2) is 36.4 Å². The van der Waals surface area contributed by atoms with E-state index in [0.717, 1.165) is 33.8 Å². The highest BCUT2D eigenvalue weighted by Gasteiger charge is 2.28. The lowest BCUT2D eigenvalue weighted by molar-refractivity contribution is -0.117. The first-order valence-electron chi connectivity index (χ1n) is 9.26. The highest BCUT2D eigenvalue weighted by Crippen LogP contribution is 2.41. The SMILES string of the molecule is COc1ccc(C2CC(=O)Nc3c2ccc(NC(=O)CC(C)C)c3C)cc1. The average molecular weight is 366 g/mol. The van der Waals surface area contributed by atoms with Gasteiger partial charge in [0, 0.05) is 30.1 Å². The van der Waals surface area contributed by atoms with Gasteiger partial charge in [0.15, 0.2) is 0 Å². The fraction of sp³-hybridized carbons (Fsp3) is 0.364. The zero-order chi connectivity index (χ0) is 19.6. The number of hydrogen-bond acceptors (Lipinski definition) is 3. The van der Waals surface area contributed by atoms with Crippen molar-refractivity contribution in [3.05, 3.63) is 53.1 Å². The van der Waals surface area contributed by atoms with Crippen LogP contribution in [0.25, 0.3) is 0 Å². The molecule has 2 N–H and O–H groups in total. The molecule has 142 valence electrons. The molecule has 0 fully saturated rings. The van der Waals surface area contributed by atoms with Gasteiger partial charge in [-0.1, -0.05) is 32.0 Å². The molecular weight excluding hydrogens is 340 g/mol. The Hall–Kier alpha value is -2.82. The maximum absolute atomic E-state index is 12.3. The fourth-order valence-electron chi connectivity index (χ4n) is 3.52.